The monoisotopic (exact) mass is 854 g/mol. The van der Waals surface area contributed by atoms with E-state index in [1.54, 1.807) is 129 Å². The van der Waals surface area contributed by atoms with Crippen LogP contribution >= 0.6 is 0 Å². The lowest BCUT2D eigenvalue weighted by molar-refractivity contribution is 0.0644. The summed E-state index contributed by atoms with van der Waals surface area (Å²) in [6, 6.07) is 40.7. The summed E-state index contributed by atoms with van der Waals surface area (Å²) in [7, 11) is 0. The number of hydrogen-bond acceptors (Lipinski definition) is 11. The van der Waals surface area contributed by atoms with Crippen molar-refractivity contribution in [2.24, 2.45) is 0 Å². The second-order valence-electron chi connectivity index (χ2n) is 13.0. The lowest BCUT2D eigenvalue weighted by atomic mass is 10.1. The van der Waals surface area contributed by atoms with Crippen LogP contribution in [0.4, 0.5) is 42.9 Å². The number of fused-ring (bicyclic) bond motifs is 1. The van der Waals surface area contributed by atoms with Crippen LogP contribution in [0.2, 0.25) is 0 Å². The van der Waals surface area contributed by atoms with Crippen LogP contribution in [0.25, 0.3) is 10.9 Å². The van der Waals surface area contributed by atoms with Crippen molar-refractivity contribution in [3.63, 3.8) is 0 Å². The van der Waals surface area contributed by atoms with Gasteiger partial charge in [0, 0.05) is 51.9 Å². The Kier molecular flexibility index (Phi) is 15.8. The average Bonchev–Trinajstić information content (AvgIpc) is 3.98. The first kappa shape index (κ1) is 45.2. The molecule has 4 aromatic carbocycles. The third-order valence-electron chi connectivity index (χ3n) is 8.31. The number of carbonyl (C=O) groups excluding carboxylic acids is 3. The number of nitrogens with two attached hydrogens (primary N) is 3. The Labute approximate surface area is 358 Å². The van der Waals surface area contributed by atoms with E-state index in [2.05, 4.69) is 30.3 Å². The number of hydrogen-bond donors (Lipinski definition) is 7. The molecule has 17 heteroatoms. The highest BCUT2D eigenvalue weighted by atomic mass is 19.3. The lowest BCUT2D eigenvalue weighted by Gasteiger charge is -2.07. The number of para-hydroxylation sites is 1. The Morgan fingerprint density at radius 1 is 0.556 bits per heavy atom. The van der Waals surface area contributed by atoms with Gasteiger partial charge in [0.1, 0.15) is 11.5 Å². The summed E-state index contributed by atoms with van der Waals surface area (Å²) < 4.78 is 33.0. The van der Waals surface area contributed by atoms with Gasteiger partial charge in [-0.15, -0.1) is 0 Å². The summed E-state index contributed by atoms with van der Waals surface area (Å²) in [4.78, 5) is 54.0. The number of aryl methyl sites for hydroxylation is 1. The van der Waals surface area contributed by atoms with E-state index >= 15 is 0 Å². The third-order valence-corrected chi connectivity index (χ3v) is 8.31. The predicted octanol–water partition coefficient (Wildman–Crippen LogP) is 9.32. The van der Waals surface area contributed by atoms with Crippen molar-refractivity contribution in [3.05, 3.63) is 192 Å². The molecule has 4 aromatic heterocycles. The molecule has 0 unspecified atom stereocenters. The van der Waals surface area contributed by atoms with E-state index in [0.29, 0.717) is 56.9 Å². The zero-order chi connectivity index (χ0) is 45.3. The van der Waals surface area contributed by atoms with Crippen LogP contribution in [0.1, 0.15) is 59.9 Å². The quantitative estimate of drug-likeness (QED) is 0.0706. The fraction of sp³-hybridized carbons (Fsp3) is 0.0435. The van der Waals surface area contributed by atoms with Crippen molar-refractivity contribution in [2.45, 2.75) is 13.3 Å². The van der Waals surface area contributed by atoms with Gasteiger partial charge in [0.25, 0.3) is 24.1 Å². The maximum absolute atomic E-state index is 12.3. The number of nitrogens with one attached hydrogen (secondary N) is 3. The fourth-order valence-electron chi connectivity index (χ4n) is 5.22. The van der Waals surface area contributed by atoms with Crippen molar-refractivity contribution in [3.8, 4) is 0 Å². The van der Waals surface area contributed by atoms with E-state index in [0.717, 1.165) is 23.0 Å². The molecular formula is C46H40F2N8O7. The summed E-state index contributed by atoms with van der Waals surface area (Å²) in [6.45, 7) is 1.79. The Hall–Kier alpha value is -8.86. The molecule has 0 aliphatic carbocycles. The number of amides is 3. The van der Waals surface area contributed by atoms with Gasteiger partial charge in [-0.2, -0.15) is 0 Å². The van der Waals surface area contributed by atoms with Crippen LogP contribution in [0.5, 0.6) is 0 Å². The largest absolute Gasteiger partial charge is 0.475 e. The number of halogens is 2. The lowest BCUT2D eigenvalue weighted by Crippen LogP contribution is -2.13. The smallest absolute Gasteiger partial charge is 0.371 e. The molecule has 8 rings (SSSR count). The van der Waals surface area contributed by atoms with Gasteiger partial charge in [0.2, 0.25) is 5.76 Å². The molecular weight excluding hydrogens is 815 g/mol. The van der Waals surface area contributed by atoms with Gasteiger partial charge < -0.3 is 47.1 Å². The molecule has 0 aliphatic heterocycles. The van der Waals surface area contributed by atoms with Crippen molar-refractivity contribution in [2.75, 3.05) is 33.2 Å². The molecule has 0 fully saturated rings. The molecule has 0 radical (unpaired) electrons. The van der Waals surface area contributed by atoms with Crippen molar-refractivity contribution >= 4 is 68.7 Å². The van der Waals surface area contributed by atoms with Gasteiger partial charge in [0.05, 0.1) is 11.1 Å². The van der Waals surface area contributed by atoms with E-state index in [1.165, 1.54) is 0 Å². The molecule has 0 spiro atoms. The molecule has 4 heterocycles. The van der Waals surface area contributed by atoms with Crippen molar-refractivity contribution < 1.29 is 41.9 Å². The standard InChI is InChI=1S/C16H13N3O.C12H11N3O.C12H12N2O2.C6H4F2O3/c17-11-5-7-12(8-6-11)19-16(20)14-9-10-18-15-4-2-1-3-13(14)15;13-9-4-6-10(7-5-9)15-12(16)11-3-1-2-8-14-11;1-8-2-7-11(16-8)12(15)14-10-5-3-9(13)4-6-10;7-5(8)3-1-2-4(11-3)6(9)10/h1-10H,17H2,(H,19,20);1-8H,13H2,(H,15,16);2-7H,13H2,1H3,(H,14,15);1-2,5H,(H,9,10). The first-order chi connectivity index (χ1) is 30.2. The predicted molar refractivity (Wildman–Crippen MR) is 236 cm³/mol. The number of alkyl halides is 2. The zero-order valence-electron chi connectivity index (χ0n) is 33.4. The number of benzene rings is 4. The summed E-state index contributed by atoms with van der Waals surface area (Å²) in [6.07, 6.45) is 0.459. The van der Waals surface area contributed by atoms with Gasteiger partial charge in [-0.25, -0.2) is 13.6 Å². The number of nitrogen functional groups attached to an aromatic ring is 3. The Morgan fingerprint density at radius 3 is 1.56 bits per heavy atom. The van der Waals surface area contributed by atoms with Gasteiger partial charge in [0.15, 0.2) is 11.5 Å². The second kappa shape index (κ2) is 21.9. The number of aromatic carboxylic acids is 1. The van der Waals surface area contributed by atoms with Gasteiger partial charge in [-0.05, 0) is 128 Å². The number of pyridine rings is 2. The Balaban J connectivity index is 0.000000162. The molecule has 15 nitrogen and oxygen atoms in total. The normalized spacial score (nSPS) is 10.2. The number of carboxylic acid groups (broad SMARTS) is 1. The van der Waals surface area contributed by atoms with E-state index in [1.807, 2.05) is 24.3 Å². The first-order valence-corrected chi connectivity index (χ1v) is 18.7. The van der Waals surface area contributed by atoms with E-state index in [-0.39, 0.29) is 17.7 Å². The summed E-state index contributed by atoms with van der Waals surface area (Å²) in [5.41, 5.74) is 22.6. The van der Waals surface area contributed by atoms with Crippen molar-refractivity contribution in [1.29, 1.82) is 0 Å². The zero-order valence-corrected chi connectivity index (χ0v) is 33.4. The van der Waals surface area contributed by atoms with Crippen LogP contribution < -0.4 is 33.2 Å². The molecule has 0 saturated carbocycles. The van der Waals surface area contributed by atoms with Gasteiger partial charge in [-0.1, -0.05) is 24.3 Å². The Morgan fingerprint density at radius 2 is 1.08 bits per heavy atom. The van der Waals surface area contributed by atoms with Gasteiger partial charge in [-0.3, -0.25) is 24.4 Å². The number of nitrogens with zero attached hydrogens (tertiary/aromatic N) is 2. The maximum Gasteiger partial charge on any atom is 0.371 e. The highest BCUT2D eigenvalue weighted by Gasteiger charge is 2.15. The van der Waals surface area contributed by atoms with E-state index in [9.17, 15) is 28.0 Å². The number of carboxylic acids is 1. The SMILES string of the molecule is Cc1ccc(C(=O)Nc2ccc(N)cc2)o1.Nc1ccc(NC(=O)c2ccccn2)cc1.Nc1ccc(NC(=O)c2ccnc3ccccc23)cc1.O=C(O)c1ccc(C(F)F)o1. The molecule has 0 bridgehead atoms. The fourth-order valence-corrected chi connectivity index (χ4v) is 5.22. The van der Waals surface area contributed by atoms with Crippen LogP contribution in [0.3, 0.4) is 0 Å². The second-order valence-corrected chi connectivity index (χ2v) is 13.0. The van der Waals surface area contributed by atoms with E-state index < -0.39 is 23.9 Å². The molecule has 63 heavy (non-hydrogen) atoms. The summed E-state index contributed by atoms with van der Waals surface area (Å²) in [5, 5.41) is 17.4. The number of carbonyl (C=O) groups is 4. The number of rotatable bonds is 8. The average molecular weight is 855 g/mol. The summed E-state index contributed by atoms with van der Waals surface area (Å²) in [5.74, 6) is -2.09. The molecule has 320 valence electrons. The molecule has 0 aliphatic rings. The highest BCUT2D eigenvalue weighted by molar-refractivity contribution is 6.12. The summed E-state index contributed by atoms with van der Waals surface area (Å²) >= 11 is 0. The maximum atomic E-state index is 12.3. The first-order valence-electron chi connectivity index (χ1n) is 18.7. The minimum atomic E-state index is -2.76. The molecule has 10 N–H and O–H groups in total. The number of aromatic nitrogens is 2. The highest BCUT2D eigenvalue weighted by Crippen LogP contribution is 2.21. The van der Waals surface area contributed by atoms with E-state index in [4.69, 9.17) is 26.7 Å². The minimum Gasteiger partial charge on any atom is -0.475 e. The minimum absolute atomic E-state index is 0.159. The topological polar surface area (TPSA) is 255 Å². The number of anilines is 6. The number of furan rings is 2. The molecule has 0 saturated heterocycles. The van der Waals surface area contributed by atoms with Crippen LogP contribution in [0, 0.1) is 6.92 Å². The van der Waals surface area contributed by atoms with Crippen molar-refractivity contribution in [1.82, 2.24) is 9.97 Å². The van der Waals surface area contributed by atoms with Crippen LogP contribution in [0.15, 0.2) is 167 Å². The van der Waals surface area contributed by atoms with Crippen LogP contribution in [-0.4, -0.2) is 38.8 Å². The molecule has 3 amide bonds. The third kappa shape index (κ3) is 13.9. The van der Waals surface area contributed by atoms with Gasteiger partial charge >= 0.3 is 5.97 Å². The molecule has 8 aromatic rings. The molecule has 0 atom stereocenters. The van der Waals surface area contributed by atoms with Crippen LogP contribution in [-0.2, 0) is 0 Å². The Bertz CT molecular complexity index is 2760.